The van der Waals surface area contributed by atoms with Crippen LogP contribution in [0.5, 0.6) is 5.75 Å². The lowest BCUT2D eigenvalue weighted by atomic mass is 10.1. The summed E-state index contributed by atoms with van der Waals surface area (Å²) >= 11 is 1.28. The molecular weight excluding hydrogens is 677 g/mol. The van der Waals surface area contributed by atoms with Crippen molar-refractivity contribution in [3.63, 3.8) is 0 Å². The van der Waals surface area contributed by atoms with Crippen molar-refractivity contribution in [2.75, 3.05) is 33.9 Å². The third-order valence-electron chi connectivity index (χ3n) is 7.50. The Hall–Kier alpha value is -5.72. The van der Waals surface area contributed by atoms with Crippen LogP contribution in [-0.2, 0) is 29.0 Å². The van der Waals surface area contributed by atoms with E-state index in [1.54, 1.807) is 30.6 Å². The second-order valence-electron chi connectivity index (χ2n) is 11.3. The number of nitrogens with zero attached hydrogens (tertiary/aromatic N) is 9. The Morgan fingerprint density at radius 3 is 2.40 bits per heavy atom. The summed E-state index contributed by atoms with van der Waals surface area (Å²) in [4.78, 5) is 31.1. The van der Waals surface area contributed by atoms with Gasteiger partial charge < -0.3 is 25.6 Å². The summed E-state index contributed by atoms with van der Waals surface area (Å²) in [5.74, 6) is 0.260. The van der Waals surface area contributed by atoms with Gasteiger partial charge in [-0.05, 0) is 54.8 Å². The first-order valence-electron chi connectivity index (χ1n) is 15.6. The third-order valence-corrected chi connectivity index (χ3v) is 8.27. The molecule has 0 spiro atoms. The van der Waals surface area contributed by atoms with Gasteiger partial charge in [-0.25, -0.2) is 4.68 Å². The highest BCUT2D eigenvalue weighted by atomic mass is 32.1. The molecule has 1 aliphatic rings. The summed E-state index contributed by atoms with van der Waals surface area (Å²) in [7, 11) is 0. The predicted molar refractivity (Wildman–Crippen MR) is 177 cm³/mol. The van der Waals surface area contributed by atoms with Gasteiger partial charge in [0.15, 0.2) is 11.6 Å². The van der Waals surface area contributed by atoms with Gasteiger partial charge in [-0.2, -0.15) is 0 Å². The monoisotopic (exact) mass is 708 g/mol. The van der Waals surface area contributed by atoms with Gasteiger partial charge in [-0.15, -0.1) is 38.7 Å². The van der Waals surface area contributed by atoms with Gasteiger partial charge >= 0.3 is 6.36 Å². The number of benzene rings is 1. The van der Waals surface area contributed by atoms with Gasteiger partial charge in [0, 0.05) is 50.1 Å². The van der Waals surface area contributed by atoms with Gasteiger partial charge in [0.05, 0.1) is 18.7 Å². The molecule has 5 aromatic rings. The molecule has 5 heterocycles. The molecule has 2 amide bonds. The Morgan fingerprint density at radius 2 is 1.68 bits per heavy atom. The molecule has 50 heavy (non-hydrogen) atoms. The van der Waals surface area contributed by atoms with E-state index in [1.165, 1.54) is 40.3 Å². The van der Waals surface area contributed by atoms with Crippen molar-refractivity contribution in [2.45, 2.75) is 51.1 Å². The molecule has 1 fully saturated rings. The average molecular weight is 709 g/mol. The lowest BCUT2D eigenvalue weighted by Gasteiger charge is -2.32. The van der Waals surface area contributed by atoms with Gasteiger partial charge in [0.25, 0.3) is 0 Å². The molecule has 0 atom stereocenters. The molecule has 0 saturated carbocycles. The number of alkyl halides is 3. The number of anilines is 4. The molecule has 19 heteroatoms. The Morgan fingerprint density at radius 1 is 0.880 bits per heavy atom. The van der Waals surface area contributed by atoms with Crippen LogP contribution in [0.15, 0.2) is 67.0 Å². The van der Waals surface area contributed by atoms with Crippen LogP contribution in [-0.4, -0.2) is 77.7 Å². The van der Waals surface area contributed by atoms with Gasteiger partial charge in [0.2, 0.25) is 22.1 Å². The number of nitrogens with one attached hydrogen (secondary N) is 3. The van der Waals surface area contributed by atoms with Crippen molar-refractivity contribution in [2.24, 2.45) is 0 Å². The highest BCUT2D eigenvalue weighted by Gasteiger charge is 2.31. The van der Waals surface area contributed by atoms with E-state index in [-0.39, 0.29) is 36.4 Å². The van der Waals surface area contributed by atoms with Crippen molar-refractivity contribution in [3.05, 3.63) is 83.9 Å². The molecule has 0 unspecified atom stereocenters. The van der Waals surface area contributed by atoms with Crippen LogP contribution in [0.4, 0.5) is 35.1 Å². The molecule has 0 bridgehead atoms. The van der Waals surface area contributed by atoms with E-state index in [2.05, 4.69) is 61.3 Å². The number of rotatable bonds is 13. The smallest absolute Gasteiger partial charge is 0.406 e. The van der Waals surface area contributed by atoms with E-state index in [4.69, 9.17) is 0 Å². The minimum Gasteiger partial charge on any atom is -0.406 e. The quantitative estimate of drug-likeness (QED) is 0.160. The number of aryl methyl sites for hydroxylation is 1. The Kier molecular flexibility index (Phi) is 10.7. The highest BCUT2D eigenvalue weighted by Crippen LogP contribution is 2.25. The molecule has 1 aliphatic heterocycles. The van der Waals surface area contributed by atoms with E-state index < -0.39 is 6.36 Å². The van der Waals surface area contributed by atoms with Crippen molar-refractivity contribution in [1.29, 1.82) is 0 Å². The van der Waals surface area contributed by atoms with E-state index in [1.807, 2.05) is 12.1 Å². The van der Waals surface area contributed by atoms with Crippen LogP contribution in [0.3, 0.4) is 0 Å². The zero-order chi connectivity index (χ0) is 34.9. The molecule has 260 valence electrons. The Bertz CT molecular complexity index is 1860. The summed E-state index contributed by atoms with van der Waals surface area (Å²) in [5, 5.41) is 34.7. The molecule has 0 aliphatic carbocycles. The fourth-order valence-electron chi connectivity index (χ4n) is 5.11. The summed E-state index contributed by atoms with van der Waals surface area (Å²) in [6.07, 6.45) is 0.856. The summed E-state index contributed by atoms with van der Waals surface area (Å²) in [6, 6.07) is 14.6. The van der Waals surface area contributed by atoms with Crippen LogP contribution >= 0.6 is 11.3 Å². The first kappa shape index (κ1) is 34.2. The number of piperidine rings is 1. The summed E-state index contributed by atoms with van der Waals surface area (Å²) in [5.41, 5.74) is 1.97. The minimum atomic E-state index is -4.75. The Labute approximate surface area is 287 Å². The van der Waals surface area contributed by atoms with E-state index in [0.29, 0.717) is 51.8 Å². The normalized spacial score (nSPS) is 13.5. The van der Waals surface area contributed by atoms with Crippen molar-refractivity contribution < 1.29 is 27.5 Å². The molecular formula is C31H31F3N12O3S. The number of hydrogen-bond acceptors (Lipinski definition) is 13. The van der Waals surface area contributed by atoms with Gasteiger partial charge in [-0.3, -0.25) is 14.6 Å². The number of ether oxygens (including phenoxy) is 1. The molecule has 1 aromatic carbocycles. The number of carbonyl (C=O) groups excluding carboxylic acids is 2. The van der Waals surface area contributed by atoms with Crippen LogP contribution in [0, 0.1) is 0 Å². The molecule has 15 nitrogen and oxygen atoms in total. The maximum Gasteiger partial charge on any atom is 0.573 e. The second kappa shape index (κ2) is 15.7. The molecule has 0 radical (unpaired) electrons. The molecule has 4 aromatic heterocycles. The third kappa shape index (κ3) is 10.1. The predicted octanol–water partition coefficient (Wildman–Crippen LogP) is 4.09. The number of amides is 2. The average Bonchev–Trinajstić information content (AvgIpc) is 3.74. The number of hydrogen-bond donors (Lipinski definition) is 3. The van der Waals surface area contributed by atoms with Gasteiger partial charge in [0.1, 0.15) is 5.75 Å². The van der Waals surface area contributed by atoms with Crippen molar-refractivity contribution in [1.82, 2.24) is 40.4 Å². The topological polar surface area (TPSA) is 178 Å². The summed E-state index contributed by atoms with van der Waals surface area (Å²) < 4.78 is 42.5. The van der Waals surface area contributed by atoms with E-state index >= 15 is 0 Å². The Balaban J connectivity index is 0.891. The zero-order valence-corrected chi connectivity index (χ0v) is 27.2. The van der Waals surface area contributed by atoms with E-state index in [0.717, 1.165) is 25.9 Å². The van der Waals surface area contributed by atoms with Crippen LogP contribution < -0.4 is 25.6 Å². The number of aromatic nitrogens is 8. The van der Waals surface area contributed by atoms with Crippen LogP contribution in [0.2, 0.25) is 0 Å². The highest BCUT2D eigenvalue weighted by molar-refractivity contribution is 7.19. The maximum atomic E-state index is 12.5. The standard InChI is InChI=1S/C31H31F3N12O3S/c32-31(33,34)49-24-7-4-20(5-8-24)18-46-19-23(39-44-46)6-11-27(47)37-25-9-10-26(41-40-25)45-15-12-21(13-16-45)36-29-42-43-30(50-29)38-28(48)17-22-3-1-2-14-35-22/h1-5,7-10,14,19,21H,6,11-13,15-18H2,(H,36,42)(H,37,40,47)(H,38,43,48). The maximum absolute atomic E-state index is 12.5. The molecule has 3 N–H and O–H groups in total. The first-order valence-corrected chi connectivity index (χ1v) is 16.4. The first-order chi connectivity index (χ1) is 24.1. The second-order valence-corrected chi connectivity index (χ2v) is 12.3. The number of halogens is 3. The largest absolute Gasteiger partial charge is 0.573 e. The van der Waals surface area contributed by atoms with Crippen LogP contribution in [0.25, 0.3) is 0 Å². The summed E-state index contributed by atoms with van der Waals surface area (Å²) in [6.45, 7) is 1.77. The van der Waals surface area contributed by atoms with Gasteiger partial charge in [-0.1, -0.05) is 34.7 Å². The fraction of sp³-hybridized carbons (Fsp3) is 0.323. The SMILES string of the molecule is O=C(CCc1cn(Cc2ccc(OC(F)(F)F)cc2)nn1)Nc1ccc(N2CCC(Nc3nnc(NC(=O)Cc4ccccn4)s3)CC2)nn1. The molecule has 6 rings (SSSR count). The number of pyridine rings is 1. The number of carbonyl (C=O) groups is 2. The fourth-order valence-corrected chi connectivity index (χ4v) is 5.85. The lowest BCUT2D eigenvalue weighted by Crippen LogP contribution is -2.39. The van der Waals surface area contributed by atoms with Crippen molar-refractivity contribution >= 4 is 45.0 Å². The minimum absolute atomic E-state index is 0.139. The zero-order valence-electron chi connectivity index (χ0n) is 26.4. The van der Waals surface area contributed by atoms with Crippen LogP contribution in [0.1, 0.15) is 36.2 Å². The lowest BCUT2D eigenvalue weighted by molar-refractivity contribution is -0.274. The van der Waals surface area contributed by atoms with Crippen molar-refractivity contribution in [3.8, 4) is 5.75 Å². The van der Waals surface area contributed by atoms with E-state index in [9.17, 15) is 22.8 Å². The molecule has 1 saturated heterocycles.